The van der Waals surface area contributed by atoms with E-state index in [0.717, 1.165) is 38.6 Å². The molecule has 0 aromatic rings. The highest BCUT2D eigenvalue weighted by Gasteiger charge is 2.16. The smallest absolute Gasteiger partial charge is 0.191 e. The second-order valence-corrected chi connectivity index (χ2v) is 4.26. The minimum absolute atomic E-state index is 0.706. The van der Waals surface area contributed by atoms with Gasteiger partial charge in [0.25, 0.3) is 0 Å². The van der Waals surface area contributed by atoms with Crippen LogP contribution in [0.5, 0.6) is 0 Å². The number of rotatable bonds is 4. The van der Waals surface area contributed by atoms with Crippen molar-refractivity contribution in [1.29, 1.82) is 0 Å². The predicted molar refractivity (Wildman–Crippen MR) is 63.0 cm³/mol. The van der Waals surface area contributed by atoms with Gasteiger partial charge in [0, 0.05) is 33.4 Å². The Kier molecular flexibility index (Phi) is 5.47. The van der Waals surface area contributed by atoms with Gasteiger partial charge in [-0.3, -0.25) is 4.99 Å². The first kappa shape index (κ1) is 12.3. The summed E-state index contributed by atoms with van der Waals surface area (Å²) in [5.74, 6) is 1.54. The third kappa shape index (κ3) is 4.51. The molecule has 1 rings (SSSR count). The van der Waals surface area contributed by atoms with Crippen LogP contribution in [0.25, 0.3) is 0 Å². The fourth-order valence-corrected chi connectivity index (χ4v) is 1.74. The van der Waals surface area contributed by atoms with E-state index < -0.39 is 0 Å². The van der Waals surface area contributed by atoms with Crippen LogP contribution in [0.15, 0.2) is 4.99 Å². The third-order valence-corrected chi connectivity index (χ3v) is 2.89. The van der Waals surface area contributed by atoms with Crippen molar-refractivity contribution in [2.75, 3.05) is 33.4 Å². The van der Waals surface area contributed by atoms with Gasteiger partial charge in [0.1, 0.15) is 0 Å². The van der Waals surface area contributed by atoms with Gasteiger partial charge in [0.05, 0.1) is 0 Å². The fraction of sp³-hybridized carbons (Fsp3) is 0.909. The molecule has 88 valence electrons. The van der Waals surface area contributed by atoms with E-state index in [2.05, 4.69) is 16.8 Å². The average molecular weight is 213 g/mol. The number of nitrogens with two attached hydrogens (primary N) is 1. The Morgan fingerprint density at radius 1 is 1.47 bits per heavy atom. The SMILES string of the molecule is COCCCN=C(N)N1CCC(C)CC1. The molecule has 1 heterocycles. The summed E-state index contributed by atoms with van der Waals surface area (Å²) >= 11 is 0. The molecule has 4 heteroatoms. The maximum atomic E-state index is 5.91. The maximum Gasteiger partial charge on any atom is 0.191 e. The van der Waals surface area contributed by atoms with E-state index in [1.54, 1.807) is 7.11 Å². The van der Waals surface area contributed by atoms with Gasteiger partial charge >= 0.3 is 0 Å². The van der Waals surface area contributed by atoms with E-state index in [9.17, 15) is 0 Å². The van der Waals surface area contributed by atoms with Gasteiger partial charge in [-0.15, -0.1) is 0 Å². The zero-order valence-electron chi connectivity index (χ0n) is 9.91. The zero-order valence-corrected chi connectivity index (χ0v) is 9.91. The number of methoxy groups -OCH3 is 1. The lowest BCUT2D eigenvalue weighted by Gasteiger charge is -2.31. The summed E-state index contributed by atoms with van der Waals surface area (Å²) in [5, 5.41) is 0. The summed E-state index contributed by atoms with van der Waals surface area (Å²) in [5.41, 5.74) is 5.91. The summed E-state index contributed by atoms with van der Waals surface area (Å²) in [4.78, 5) is 6.54. The Bertz CT molecular complexity index is 198. The third-order valence-electron chi connectivity index (χ3n) is 2.89. The monoisotopic (exact) mass is 213 g/mol. The molecule has 0 spiro atoms. The van der Waals surface area contributed by atoms with E-state index in [0.29, 0.717) is 5.96 Å². The van der Waals surface area contributed by atoms with Crippen molar-refractivity contribution in [1.82, 2.24) is 4.90 Å². The van der Waals surface area contributed by atoms with Crippen molar-refractivity contribution < 1.29 is 4.74 Å². The summed E-state index contributed by atoms with van der Waals surface area (Å²) in [6, 6.07) is 0. The Morgan fingerprint density at radius 3 is 2.73 bits per heavy atom. The summed E-state index contributed by atoms with van der Waals surface area (Å²) < 4.78 is 4.96. The molecule has 15 heavy (non-hydrogen) atoms. The minimum atomic E-state index is 0.706. The maximum absolute atomic E-state index is 5.91. The number of hydrogen-bond donors (Lipinski definition) is 1. The largest absolute Gasteiger partial charge is 0.385 e. The van der Waals surface area contributed by atoms with Crippen molar-refractivity contribution >= 4 is 5.96 Å². The molecule has 0 amide bonds. The first-order chi connectivity index (χ1) is 7.24. The lowest BCUT2D eigenvalue weighted by atomic mass is 10.00. The Labute approximate surface area is 92.5 Å². The van der Waals surface area contributed by atoms with Crippen LogP contribution in [0, 0.1) is 5.92 Å². The Balaban J connectivity index is 2.23. The second-order valence-electron chi connectivity index (χ2n) is 4.26. The van der Waals surface area contributed by atoms with Crippen molar-refractivity contribution in [3.05, 3.63) is 0 Å². The number of hydrogen-bond acceptors (Lipinski definition) is 2. The lowest BCUT2D eigenvalue weighted by Crippen LogP contribution is -2.42. The molecule has 2 N–H and O–H groups in total. The quantitative estimate of drug-likeness (QED) is 0.432. The number of aliphatic imine (C=N–C) groups is 1. The molecule has 0 saturated carbocycles. The average Bonchev–Trinajstić information content (AvgIpc) is 2.25. The number of ether oxygens (including phenoxy) is 1. The molecule has 1 aliphatic rings. The molecule has 1 aliphatic heterocycles. The lowest BCUT2D eigenvalue weighted by molar-refractivity contribution is 0.196. The van der Waals surface area contributed by atoms with E-state index in [4.69, 9.17) is 10.5 Å². The number of nitrogens with zero attached hydrogens (tertiary/aromatic N) is 2. The predicted octanol–water partition coefficient (Wildman–Crippen LogP) is 1.07. The Morgan fingerprint density at radius 2 is 2.13 bits per heavy atom. The van der Waals surface area contributed by atoms with E-state index in [-0.39, 0.29) is 0 Å². The minimum Gasteiger partial charge on any atom is -0.385 e. The van der Waals surface area contributed by atoms with E-state index in [1.165, 1.54) is 12.8 Å². The van der Waals surface area contributed by atoms with Gasteiger partial charge in [-0.25, -0.2) is 0 Å². The standard InChI is InChI=1S/C11H23N3O/c1-10-4-7-14(8-5-10)11(12)13-6-3-9-15-2/h10H,3-9H2,1-2H3,(H2,12,13). The van der Waals surface area contributed by atoms with Crippen LogP contribution >= 0.6 is 0 Å². The van der Waals surface area contributed by atoms with Gasteiger partial charge in [-0.05, 0) is 25.2 Å². The summed E-state index contributed by atoms with van der Waals surface area (Å²) in [6.45, 7) is 5.93. The van der Waals surface area contributed by atoms with Crippen molar-refractivity contribution in [3.8, 4) is 0 Å². The fourth-order valence-electron chi connectivity index (χ4n) is 1.74. The van der Waals surface area contributed by atoms with Crippen LogP contribution in [-0.4, -0.2) is 44.2 Å². The van der Waals surface area contributed by atoms with Crippen LogP contribution in [0.1, 0.15) is 26.2 Å². The molecular weight excluding hydrogens is 190 g/mol. The van der Waals surface area contributed by atoms with Gasteiger partial charge in [0.2, 0.25) is 0 Å². The van der Waals surface area contributed by atoms with Gasteiger partial charge < -0.3 is 15.4 Å². The first-order valence-electron chi connectivity index (χ1n) is 5.78. The number of guanidine groups is 1. The summed E-state index contributed by atoms with van der Waals surface area (Å²) in [7, 11) is 1.71. The molecule has 0 unspecified atom stereocenters. The molecule has 0 bridgehead atoms. The topological polar surface area (TPSA) is 50.9 Å². The highest BCUT2D eigenvalue weighted by Crippen LogP contribution is 2.15. The molecular formula is C11H23N3O. The molecule has 4 nitrogen and oxygen atoms in total. The molecule has 0 aliphatic carbocycles. The van der Waals surface area contributed by atoms with Gasteiger partial charge in [0.15, 0.2) is 5.96 Å². The molecule has 0 aromatic heterocycles. The molecule has 1 fully saturated rings. The second kappa shape index (κ2) is 6.67. The normalized spacial score (nSPS) is 19.6. The highest BCUT2D eigenvalue weighted by atomic mass is 16.5. The van der Waals surface area contributed by atoms with Crippen molar-refractivity contribution in [2.24, 2.45) is 16.6 Å². The highest BCUT2D eigenvalue weighted by molar-refractivity contribution is 5.78. The Hall–Kier alpha value is -0.770. The van der Waals surface area contributed by atoms with E-state index in [1.807, 2.05) is 0 Å². The molecule has 0 radical (unpaired) electrons. The van der Waals surface area contributed by atoms with Crippen LogP contribution in [-0.2, 0) is 4.74 Å². The van der Waals surface area contributed by atoms with Crippen LogP contribution in [0.4, 0.5) is 0 Å². The molecule has 0 aromatic carbocycles. The number of piperidine rings is 1. The zero-order chi connectivity index (χ0) is 11.1. The summed E-state index contributed by atoms with van der Waals surface area (Å²) in [6.07, 6.45) is 3.41. The van der Waals surface area contributed by atoms with Crippen molar-refractivity contribution in [2.45, 2.75) is 26.2 Å². The number of likely N-dealkylation sites (tertiary alicyclic amines) is 1. The van der Waals surface area contributed by atoms with Crippen LogP contribution in [0.2, 0.25) is 0 Å². The van der Waals surface area contributed by atoms with Gasteiger partial charge in [-0.1, -0.05) is 6.92 Å². The molecule has 0 atom stereocenters. The first-order valence-corrected chi connectivity index (χ1v) is 5.78. The van der Waals surface area contributed by atoms with Crippen LogP contribution < -0.4 is 5.73 Å². The van der Waals surface area contributed by atoms with E-state index >= 15 is 0 Å². The molecule has 1 saturated heterocycles. The van der Waals surface area contributed by atoms with Crippen molar-refractivity contribution in [3.63, 3.8) is 0 Å². The van der Waals surface area contributed by atoms with Crippen LogP contribution in [0.3, 0.4) is 0 Å². The van der Waals surface area contributed by atoms with Gasteiger partial charge in [-0.2, -0.15) is 0 Å².